The van der Waals surface area contributed by atoms with Crippen molar-refractivity contribution in [2.75, 3.05) is 0 Å². The summed E-state index contributed by atoms with van der Waals surface area (Å²) in [6.07, 6.45) is 3.83. The number of hydrogen-bond acceptors (Lipinski definition) is 4. The fraction of sp³-hybridized carbons (Fsp3) is 0.333. The van der Waals surface area contributed by atoms with Crippen LogP contribution in [0, 0.1) is 5.82 Å². The molecule has 90 valence electrons. The Labute approximate surface area is 103 Å². The molecule has 0 spiro atoms. The summed E-state index contributed by atoms with van der Waals surface area (Å²) in [5.74, 6) is -0.398. The Bertz CT molecular complexity index is 472. The molecule has 0 aliphatic rings. The molecule has 0 amide bonds. The van der Waals surface area contributed by atoms with Crippen LogP contribution < -0.4 is 0 Å². The topological polar surface area (TPSA) is 46.0 Å². The molecule has 0 saturated carbocycles. The average molecular weight is 252 g/mol. The number of nitrogens with zero attached hydrogens (tertiary/aromatic N) is 2. The smallest absolute Gasteiger partial charge is 0.141 e. The zero-order valence-corrected chi connectivity index (χ0v) is 10.2. The Kier molecular flexibility index (Phi) is 3.49. The lowest BCUT2D eigenvalue weighted by atomic mass is 9.91. The molecule has 0 fully saturated rings. The zero-order valence-electron chi connectivity index (χ0n) is 9.43. The molecule has 2 rings (SSSR count). The fourth-order valence-electron chi connectivity index (χ4n) is 1.67. The van der Waals surface area contributed by atoms with Crippen molar-refractivity contribution < 1.29 is 9.50 Å². The van der Waals surface area contributed by atoms with Gasteiger partial charge in [-0.25, -0.2) is 4.39 Å². The molecule has 0 bridgehead atoms. The minimum Gasteiger partial charge on any atom is -0.383 e. The van der Waals surface area contributed by atoms with E-state index in [4.69, 9.17) is 0 Å². The van der Waals surface area contributed by atoms with E-state index < -0.39 is 11.4 Å². The summed E-state index contributed by atoms with van der Waals surface area (Å²) in [4.78, 5) is 8.92. The second-order valence-corrected chi connectivity index (χ2v) is 4.86. The predicted molar refractivity (Wildman–Crippen MR) is 64.2 cm³/mol. The van der Waals surface area contributed by atoms with Crippen LogP contribution in [0.3, 0.4) is 0 Å². The van der Waals surface area contributed by atoms with Crippen LogP contribution in [0.15, 0.2) is 30.0 Å². The van der Waals surface area contributed by atoms with Crippen LogP contribution in [0.25, 0.3) is 0 Å². The van der Waals surface area contributed by atoms with Crippen LogP contribution in [0.4, 0.5) is 4.39 Å². The first-order valence-corrected chi connectivity index (χ1v) is 6.24. The Morgan fingerprint density at radius 2 is 2.24 bits per heavy atom. The molecule has 1 unspecified atom stereocenters. The van der Waals surface area contributed by atoms with Gasteiger partial charge in [-0.15, -0.1) is 11.3 Å². The second kappa shape index (κ2) is 4.89. The summed E-state index contributed by atoms with van der Waals surface area (Å²) in [6.45, 7) is 1.88. The van der Waals surface area contributed by atoms with Crippen molar-refractivity contribution >= 4 is 11.3 Å². The van der Waals surface area contributed by atoms with Crippen molar-refractivity contribution in [3.63, 3.8) is 0 Å². The second-order valence-electron chi connectivity index (χ2n) is 3.89. The quantitative estimate of drug-likeness (QED) is 0.909. The molecule has 0 aliphatic heterocycles. The molecule has 2 aromatic rings. The molecule has 2 aromatic heterocycles. The minimum atomic E-state index is -1.06. The lowest BCUT2D eigenvalue weighted by molar-refractivity contribution is 0.0289. The normalized spacial score (nSPS) is 14.5. The summed E-state index contributed by atoms with van der Waals surface area (Å²) in [5, 5.41) is 10.5. The van der Waals surface area contributed by atoms with Crippen molar-refractivity contribution in [1.82, 2.24) is 9.97 Å². The van der Waals surface area contributed by atoms with E-state index in [1.54, 1.807) is 11.7 Å². The van der Waals surface area contributed by atoms with Crippen molar-refractivity contribution in [2.45, 2.75) is 25.4 Å². The van der Waals surface area contributed by atoms with Crippen LogP contribution in [0.2, 0.25) is 0 Å². The van der Waals surface area contributed by atoms with E-state index in [0.717, 1.165) is 11.1 Å². The van der Waals surface area contributed by atoms with Gasteiger partial charge in [0.2, 0.25) is 0 Å². The Balaban J connectivity index is 2.27. The van der Waals surface area contributed by atoms with Gasteiger partial charge in [-0.3, -0.25) is 9.97 Å². The van der Waals surface area contributed by atoms with Gasteiger partial charge < -0.3 is 5.11 Å². The van der Waals surface area contributed by atoms with Crippen LogP contribution in [0.5, 0.6) is 0 Å². The predicted octanol–water partition coefficient (Wildman–Crippen LogP) is 2.52. The van der Waals surface area contributed by atoms with Crippen molar-refractivity contribution in [1.29, 1.82) is 0 Å². The number of halogens is 1. The highest BCUT2D eigenvalue weighted by Crippen LogP contribution is 2.28. The number of hydrogen-bond donors (Lipinski definition) is 1. The highest BCUT2D eigenvalue weighted by Gasteiger charge is 2.29. The first-order valence-electron chi connectivity index (χ1n) is 5.36. The van der Waals surface area contributed by atoms with Crippen molar-refractivity contribution in [2.24, 2.45) is 0 Å². The van der Waals surface area contributed by atoms with Crippen LogP contribution in [0.1, 0.15) is 23.9 Å². The number of pyridine rings is 1. The first-order chi connectivity index (χ1) is 8.14. The third-order valence-electron chi connectivity index (χ3n) is 2.74. The number of aliphatic hydroxyl groups is 1. The van der Waals surface area contributed by atoms with Gasteiger partial charge in [0.1, 0.15) is 11.4 Å². The van der Waals surface area contributed by atoms with Gasteiger partial charge in [-0.1, -0.05) is 6.92 Å². The molecular formula is C12H13FN2OS. The van der Waals surface area contributed by atoms with E-state index in [9.17, 15) is 9.50 Å². The third-order valence-corrected chi connectivity index (χ3v) is 3.52. The van der Waals surface area contributed by atoms with Crippen LogP contribution in [-0.4, -0.2) is 15.1 Å². The van der Waals surface area contributed by atoms with Gasteiger partial charge in [0.25, 0.3) is 0 Å². The van der Waals surface area contributed by atoms with E-state index in [1.165, 1.54) is 23.5 Å². The van der Waals surface area contributed by atoms with Gasteiger partial charge in [-0.05, 0) is 18.6 Å². The Morgan fingerprint density at radius 3 is 2.76 bits per heavy atom. The summed E-state index contributed by atoms with van der Waals surface area (Å²) in [7, 11) is 0. The molecule has 1 N–H and O–H groups in total. The molecule has 0 saturated heterocycles. The van der Waals surface area contributed by atoms with Gasteiger partial charge in [-0.2, -0.15) is 0 Å². The van der Waals surface area contributed by atoms with Gasteiger partial charge in [0.15, 0.2) is 0 Å². The van der Waals surface area contributed by atoms with Crippen molar-refractivity contribution in [3.8, 4) is 0 Å². The molecule has 17 heavy (non-hydrogen) atoms. The van der Waals surface area contributed by atoms with E-state index in [0.29, 0.717) is 18.5 Å². The van der Waals surface area contributed by atoms with Crippen LogP contribution >= 0.6 is 11.3 Å². The highest BCUT2D eigenvalue weighted by molar-refractivity contribution is 7.09. The van der Waals surface area contributed by atoms with E-state index in [2.05, 4.69) is 9.97 Å². The SMILES string of the molecule is CCC(O)(Cc1cncs1)c1ccc(F)cn1. The van der Waals surface area contributed by atoms with Gasteiger partial charge in [0.05, 0.1) is 17.4 Å². The summed E-state index contributed by atoms with van der Waals surface area (Å²) in [5.41, 5.74) is 1.17. The largest absolute Gasteiger partial charge is 0.383 e. The molecule has 0 radical (unpaired) electrons. The van der Waals surface area contributed by atoms with E-state index in [-0.39, 0.29) is 0 Å². The van der Waals surface area contributed by atoms with Gasteiger partial charge in [0, 0.05) is 17.5 Å². The van der Waals surface area contributed by atoms with E-state index >= 15 is 0 Å². The molecule has 5 heteroatoms. The molecule has 3 nitrogen and oxygen atoms in total. The summed E-state index contributed by atoms with van der Waals surface area (Å²) in [6, 6.07) is 2.84. The lowest BCUT2D eigenvalue weighted by Gasteiger charge is -2.25. The molecule has 2 heterocycles. The monoisotopic (exact) mass is 252 g/mol. The maximum absolute atomic E-state index is 12.8. The maximum atomic E-state index is 12.8. The fourth-order valence-corrected chi connectivity index (χ4v) is 2.37. The van der Waals surface area contributed by atoms with Crippen molar-refractivity contribution in [3.05, 3.63) is 46.4 Å². The number of rotatable bonds is 4. The zero-order chi connectivity index (χ0) is 12.3. The minimum absolute atomic E-state index is 0.398. The molecule has 1 atom stereocenters. The average Bonchev–Trinajstić information content (AvgIpc) is 2.82. The van der Waals surface area contributed by atoms with E-state index in [1.807, 2.05) is 6.92 Å². The summed E-state index contributed by atoms with van der Waals surface area (Å²) < 4.78 is 12.8. The third kappa shape index (κ3) is 2.68. The number of thiazole rings is 1. The molecular weight excluding hydrogens is 239 g/mol. The maximum Gasteiger partial charge on any atom is 0.141 e. The number of aromatic nitrogens is 2. The highest BCUT2D eigenvalue weighted by atomic mass is 32.1. The summed E-state index contributed by atoms with van der Waals surface area (Å²) >= 11 is 1.49. The van der Waals surface area contributed by atoms with Crippen LogP contribution in [-0.2, 0) is 12.0 Å². The Morgan fingerprint density at radius 1 is 1.41 bits per heavy atom. The molecule has 0 aromatic carbocycles. The first kappa shape index (κ1) is 12.1. The standard InChI is InChI=1S/C12H13FN2OS/c1-2-12(16,5-10-7-14-8-17-10)11-4-3-9(13)6-15-11/h3-4,6-8,16H,2,5H2,1H3. The Hall–Kier alpha value is -1.33. The molecule has 0 aliphatic carbocycles. The lowest BCUT2D eigenvalue weighted by Crippen LogP contribution is -2.28. The van der Waals surface area contributed by atoms with Gasteiger partial charge >= 0.3 is 0 Å².